The van der Waals surface area contributed by atoms with Crippen molar-refractivity contribution in [3.8, 4) is 0 Å². The maximum atomic E-state index is 13.3. The van der Waals surface area contributed by atoms with Crippen molar-refractivity contribution in [1.29, 1.82) is 0 Å². The summed E-state index contributed by atoms with van der Waals surface area (Å²) in [5.41, 5.74) is 4.13. The fourth-order valence-corrected chi connectivity index (χ4v) is 5.70. The van der Waals surface area contributed by atoms with Gasteiger partial charge < -0.3 is 20.2 Å². The van der Waals surface area contributed by atoms with E-state index < -0.39 is 5.97 Å². The van der Waals surface area contributed by atoms with Crippen molar-refractivity contribution in [2.24, 2.45) is 0 Å². The van der Waals surface area contributed by atoms with Crippen molar-refractivity contribution in [3.63, 3.8) is 0 Å². The molecule has 0 saturated carbocycles. The van der Waals surface area contributed by atoms with E-state index in [9.17, 15) is 14.7 Å². The molecule has 1 amide bonds. The summed E-state index contributed by atoms with van der Waals surface area (Å²) in [7, 11) is 0. The predicted molar refractivity (Wildman–Crippen MR) is 147 cm³/mol. The Kier molecular flexibility index (Phi) is 6.17. The summed E-state index contributed by atoms with van der Waals surface area (Å²) in [5, 5.41) is 17.0. The van der Waals surface area contributed by atoms with Crippen molar-refractivity contribution in [3.05, 3.63) is 83.4 Å². The number of carbonyl (C=O) groups is 2. The molecule has 10 nitrogen and oxygen atoms in total. The van der Waals surface area contributed by atoms with Crippen LogP contribution in [0.4, 0.5) is 11.5 Å². The molecular formula is C29H31N7O3. The molecule has 2 aliphatic heterocycles. The number of carboxylic acids is 1. The molecule has 0 radical (unpaired) electrons. The van der Waals surface area contributed by atoms with Crippen LogP contribution in [0.15, 0.2) is 60.8 Å². The molecule has 2 atom stereocenters. The van der Waals surface area contributed by atoms with Crippen molar-refractivity contribution in [1.82, 2.24) is 24.5 Å². The molecule has 2 fully saturated rings. The van der Waals surface area contributed by atoms with Gasteiger partial charge in [-0.2, -0.15) is 0 Å². The minimum absolute atomic E-state index is 0.0202. The lowest BCUT2D eigenvalue weighted by Gasteiger charge is -2.26. The number of hydrogen-bond donors (Lipinski definition) is 2. The van der Waals surface area contributed by atoms with Crippen LogP contribution in [0.1, 0.15) is 52.0 Å². The van der Waals surface area contributed by atoms with Crippen LogP contribution in [0.2, 0.25) is 0 Å². The molecule has 2 N–H and O–H groups in total. The average molecular weight is 526 g/mol. The van der Waals surface area contributed by atoms with Crippen molar-refractivity contribution in [2.45, 2.75) is 38.1 Å². The van der Waals surface area contributed by atoms with Crippen LogP contribution in [0.25, 0.3) is 5.65 Å². The van der Waals surface area contributed by atoms with E-state index in [0.717, 1.165) is 37.2 Å². The van der Waals surface area contributed by atoms with Gasteiger partial charge in [0.25, 0.3) is 5.91 Å². The smallest absolute Gasteiger partial charge is 0.354 e. The first kappa shape index (κ1) is 24.8. The molecule has 1 aromatic carbocycles. The Balaban J connectivity index is 1.16. The summed E-state index contributed by atoms with van der Waals surface area (Å²) in [6, 6.07) is 17.6. The van der Waals surface area contributed by atoms with Gasteiger partial charge in [0.2, 0.25) is 5.82 Å². The van der Waals surface area contributed by atoms with Gasteiger partial charge in [-0.15, -0.1) is 5.10 Å². The Morgan fingerprint density at radius 3 is 2.69 bits per heavy atom. The zero-order valence-corrected chi connectivity index (χ0v) is 22.0. The molecular weight excluding hydrogens is 494 g/mol. The molecule has 4 aromatic rings. The molecule has 2 aliphatic rings. The van der Waals surface area contributed by atoms with Gasteiger partial charge in [0.05, 0.1) is 11.9 Å². The number of nitrogens with one attached hydrogen (secondary N) is 1. The highest BCUT2D eigenvalue weighted by molar-refractivity contribution is 5.91. The minimum Gasteiger partial charge on any atom is -0.477 e. The molecule has 6 rings (SSSR count). The number of aromatic carboxylic acids is 1. The van der Waals surface area contributed by atoms with Gasteiger partial charge in [-0.05, 0) is 49.1 Å². The molecule has 10 heteroatoms. The fraction of sp³-hybridized carbons (Fsp3) is 0.345. The summed E-state index contributed by atoms with van der Waals surface area (Å²) in [4.78, 5) is 37.3. The lowest BCUT2D eigenvalue weighted by molar-refractivity contribution is 0.0690. The molecule has 200 valence electrons. The molecule has 39 heavy (non-hydrogen) atoms. The second kappa shape index (κ2) is 9.68. The number of pyridine rings is 2. The number of aromatic nitrogens is 4. The Bertz CT molecular complexity index is 1550. The highest BCUT2D eigenvalue weighted by Gasteiger charge is 2.36. The minimum atomic E-state index is -1.08. The van der Waals surface area contributed by atoms with Crippen LogP contribution in [0, 0.1) is 6.92 Å². The normalized spacial score (nSPS) is 21.0. The van der Waals surface area contributed by atoms with Crippen LogP contribution >= 0.6 is 0 Å². The van der Waals surface area contributed by atoms with Crippen molar-refractivity contribution < 1.29 is 14.7 Å². The number of nitrogens with zero attached hydrogens (tertiary/aromatic N) is 6. The third kappa shape index (κ3) is 4.78. The second-order valence-corrected chi connectivity index (χ2v) is 10.8. The predicted octanol–water partition coefficient (Wildman–Crippen LogP) is 3.63. The van der Waals surface area contributed by atoms with E-state index in [1.54, 1.807) is 21.5 Å². The number of hydrogen-bond acceptors (Lipinski definition) is 7. The monoisotopic (exact) mass is 525 g/mol. The Morgan fingerprint density at radius 1 is 1.08 bits per heavy atom. The Morgan fingerprint density at radius 2 is 1.90 bits per heavy atom. The third-order valence-corrected chi connectivity index (χ3v) is 7.90. The number of carboxylic acid groups (broad SMARTS) is 1. The summed E-state index contributed by atoms with van der Waals surface area (Å²) in [5.74, 6) is -0.631. The standard InChI is InChI=1S/C29H31N7O3/c1-19-15-22(35-14-12-29(2,18-35)20-7-4-3-5-8-20)17-36-26(19)32-25(33-36)27(37)34-13-11-21(16-34)30-24-10-6-9-23(31-24)28(38)39/h3-10,15,17,21H,11-14,16,18H2,1-2H3,(H,30,31)(H,38,39)/t21?,29-/m0/s1. The molecule has 1 unspecified atom stereocenters. The SMILES string of the molecule is Cc1cc(N2CC[C@](C)(c3ccccc3)C2)cn2nc(C(=O)N3CCC(Nc4cccc(C(=O)O)n4)C3)nc12. The van der Waals surface area contributed by atoms with Crippen molar-refractivity contribution >= 4 is 29.0 Å². The average Bonchev–Trinajstić information content (AvgIpc) is 3.68. The van der Waals surface area contributed by atoms with Gasteiger partial charge in [0.15, 0.2) is 11.3 Å². The Labute approximate surface area is 226 Å². The van der Waals surface area contributed by atoms with Gasteiger partial charge in [0, 0.05) is 37.6 Å². The van der Waals surface area contributed by atoms with Gasteiger partial charge in [-0.3, -0.25) is 4.79 Å². The van der Waals surface area contributed by atoms with E-state index >= 15 is 0 Å². The first-order chi connectivity index (χ1) is 18.8. The van der Waals surface area contributed by atoms with Gasteiger partial charge in [-0.25, -0.2) is 19.3 Å². The van der Waals surface area contributed by atoms with Crippen LogP contribution in [0.5, 0.6) is 0 Å². The zero-order valence-electron chi connectivity index (χ0n) is 22.0. The van der Waals surface area contributed by atoms with E-state index in [2.05, 4.69) is 68.6 Å². The lowest BCUT2D eigenvalue weighted by atomic mass is 9.82. The molecule has 2 saturated heterocycles. The molecule has 3 aromatic heterocycles. The number of benzene rings is 1. The molecule has 0 bridgehead atoms. The summed E-state index contributed by atoms with van der Waals surface area (Å²) < 4.78 is 1.73. The molecule has 5 heterocycles. The zero-order chi connectivity index (χ0) is 27.1. The van der Waals surface area contributed by atoms with Gasteiger partial charge in [0.1, 0.15) is 5.82 Å². The van der Waals surface area contributed by atoms with Crippen LogP contribution in [0.3, 0.4) is 0 Å². The summed E-state index contributed by atoms with van der Waals surface area (Å²) >= 11 is 0. The molecule has 0 spiro atoms. The van der Waals surface area contributed by atoms with E-state index in [1.807, 2.05) is 13.1 Å². The first-order valence-electron chi connectivity index (χ1n) is 13.2. The van der Waals surface area contributed by atoms with Crippen LogP contribution in [-0.2, 0) is 5.41 Å². The number of amides is 1. The van der Waals surface area contributed by atoms with Crippen LogP contribution < -0.4 is 10.2 Å². The van der Waals surface area contributed by atoms with Gasteiger partial charge >= 0.3 is 5.97 Å². The number of fused-ring (bicyclic) bond motifs is 1. The Hall–Kier alpha value is -4.47. The van der Waals surface area contributed by atoms with E-state index in [0.29, 0.717) is 24.6 Å². The lowest BCUT2D eigenvalue weighted by Crippen LogP contribution is -2.32. The molecule has 0 aliphatic carbocycles. The number of anilines is 2. The highest BCUT2D eigenvalue weighted by atomic mass is 16.4. The second-order valence-electron chi connectivity index (χ2n) is 10.8. The third-order valence-electron chi connectivity index (χ3n) is 7.90. The maximum Gasteiger partial charge on any atom is 0.354 e. The summed E-state index contributed by atoms with van der Waals surface area (Å²) in [6.45, 7) is 7.20. The number of rotatable bonds is 6. The largest absolute Gasteiger partial charge is 0.477 e. The summed E-state index contributed by atoms with van der Waals surface area (Å²) in [6.07, 6.45) is 3.75. The van der Waals surface area contributed by atoms with E-state index in [1.165, 1.54) is 11.6 Å². The van der Waals surface area contributed by atoms with E-state index in [4.69, 9.17) is 0 Å². The quantitative estimate of drug-likeness (QED) is 0.392. The topological polar surface area (TPSA) is 116 Å². The fourth-order valence-electron chi connectivity index (χ4n) is 5.70. The van der Waals surface area contributed by atoms with Gasteiger partial charge in [-0.1, -0.05) is 43.3 Å². The highest BCUT2D eigenvalue weighted by Crippen LogP contribution is 2.36. The number of carbonyl (C=O) groups excluding carboxylic acids is 1. The van der Waals surface area contributed by atoms with Crippen LogP contribution in [-0.4, -0.2) is 73.7 Å². The maximum absolute atomic E-state index is 13.3. The first-order valence-corrected chi connectivity index (χ1v) is 13.2. The van der Waals surface area contributed by atoms with E-state index in [-0.39, 0.29) is 28.9 Å². The number of aryl methyl sites for hydroxylation is 1. The number of likely N-dealkylation sites (tertiary alicyclic amines) is 1. The van der Waals surface area contributed by atoms with Crippen molar-refractivity contribution in [2.75, 3.05) is 36.4 Å².